The number of urea groups is 1. The summed E-state index contributed by atoms with van der Waals surface area (Å²) in [5.41, 5.74) is 0.816. The fourth-order valence-corrected chi connectivity index (χ4v) is 2.42. The van der Waals surface area contributed by atoms with Crippen LogP contribution in [0.1, 0.15) is 19.4 Å². The van der Waals surface area contributed by atoms with Gasteiger partial charge in [0.05, 0.1) is 5.92 Å². The Bertz CT molecular complexity index is 647. The Labute approximate surface area is 144 Å². The highest BCUT2D eigenvalue weighted by Crippen LogP contribution is 2.30. The van der Waals surface area contributed by atoms with E-state index in [2.05, 4.69) is 10.6 Å². The summed E-state index contributed by atoms with van der Waals surface area (Å²) in [6.07, 6.45) is 0.421. The number of carbonyl (C=O) groups is 3. The van der Waals surface area contributed by atoms with E-state index < -0.39 is 30.4 Å². The number of hydrogen-bond acceptors (Lipinski definition) is 5. The number of ether oxygens (including phenoxy) is 2. The van der Waals surface area contributed by atoms with Gasteiger partial charge in [-0.2, -0.15) is 0 Å². The Morgan fingerprint density at radius 3 is 2.83 bits per heavy atom. The highest BCUT2D eigenvalue weighted by atomic mass is 35.5. The minimum Gasteiger partial charge on any atom is -0.492 e. The molecular weight excluding hydrogens is 336 g/mol. The summed E-state index contributed by atoms with van der Waals surface area (Å²) < 4.78 is 10.5. The van der Waals surface area contributed by atoms with E-state index in [0.29, 0.717) is 17.2 Å². The van der Waals surface area contributed by atoms with Crippen LogP contribution in [0, 0.1) is 5.92 Å². The molecule has 0 aliphatic carbocycles. The van der Waals surface area contributed by atoms with Crippen LogP contribution in [-0.4, -0.2) is 37.2 Å². The lowest BCUT2D eigenvalue weighted by Crippen LogP contribution is -2.44. The highest BCUT2D eigenvalue weighted by Gasteiger charge is 2.28. The van der Waals surface area contributed by atoms with E-state index >= 15 is 0 Å². The lowest BCUT2D eigenvalue weighted by molar-refractivity contribution is -0.153. The molecular formula is C16H19ClN2O5. The van der Waals surface area contributed by atoms with Gasteiger partial charge in [0.1, 0.15) is 12.4 Å². The molecule has 130 valence electrons. The lowest BCUT2D eigenvalue weighted by atomic mass is 9.97. The van der Waals surface area contributed by atoms with Crippen LogP contribution in [0.4, 0.5) is 4.79 Å². The smallest absolute Gasteiger partial charge is 0.321 e. The number of hydrogen-bond donors (Lipinski definition) is 2. The van der Waals surface area contributed by atoms with Crippen LogP contribution >= 0.6 is 11.6 Å². The van der Waals surface area contributed by atoms with Gasteiger partial charge >= 0.3 is 12.0 Å². The number of nitrogens with one attached hydrogen (secondary N) is 2. The molecule has 0 unspecified atom stereocenters. The summed E-state index contributed by atoms with van der Waals surface area (Å²) in [4.78, 5) is 35.0. The molecule has 0 radical (unpaired) electrons. The van der Waals surface area contributed by atoms with E-state index in [1.165, 1.54) is 0 Å². The standard InChI is InChI=1S/C16H19ClN2O5/c1-9(2)18-16(22)19-14(20)8-24-15(21)11-5-10-6-12(17)3-4-13(10)23-7-11/h3-4,6,9,11H,5,7-8H2,1-2H3,(H2,18,19,20,22)/t11-/m0/s1. The van der Waals surface area contributed by atoms with E-state index in [1.54, 1.807) is 32.0 Å². The van der Waals surface area contributed by atoms with Crippen LogP contribution in [0.3, 0.4) is 0 Å². The van der Waals surface area contributed by atoms with Crippen molar-refractivity contribution >= 4 is 29.5 Å². The minimum absolute atomic E-state index is 0.105. The summed E-state index contributed by atoms with van der Waals surface area (Å²) in [6, 6.07) is 4.47. The van der Waals surface area contributed by atoms with E-state index in [1.807, 2.05) is 0 Å². The second-order valence-electron chi connectivity index (χ2n) is 5.75. The summed E-state index contributed by atoms with van der Waals surface area (Å²) >= 11 is 5.93. The monoisotopic (exact) mass is 354 g/mol. The largest absolute Gasteiger partial charge is 0.492 e. The third-order valence-corrected chi connectivity index (χ3v) is 3.52. The predicted molar refractivity (Wildman–Crippen MR) is 86.9 cm³/mol. The maximum Gasteiger partial charge on any atom is 0.321 e. The van der Waals surface area contributed by atoms with Crippen molar-refractivity contribution in [2.45, 2.75) is 26.3 Å². The zero-order valence-corrected chi connectivity index (χ0v) is 14.2. The quantitative estimate of drug-likeness (QED) is 0.802. The van der Waals surface area contributed by atoms with Crippen molar-refractivity contribution < 1.29 is 23.9 Å². The van der Waals surface area contributed by atoms with Crippen molar-refractivity contribution in [1.29, 1.82) is 0 Å². The van der Waals surface area contributed by atoms with Crippen molar-refractivity contribution in [3.8, 4) is 5.75 Å². The van der Waals surface area contributed by atoms with Gasteiger partial charge in [-0.05, 0) is 44.0 Å². The Morgan fingerprint density at radius 1 is 1.38 bits per heavy atom. The second-order valence-corrected chi connectivity index (χ2v) is 6.18. The first-order valence-electron chi connectivity index (χ1n) is 7.53. The number of imide groups is 1. The van der Waals surface area contributed by atoms with Gasteiger partial charge in [0.15, 0.2) is 6.61 Å². The molecule has 2 rings (SSSR count). The van der Waals surface area contributed by atoms with Crippen molar-refractivity contribution in [2.24, 2.45) is 5.92 Å². The first kappa shape index (κ1) is 18.1. The SMILES string of the molecule is CC(C)NC(=O)NC(=O)COC(=O)[C@@H]1COc2ccc(Cl)cc2C1. The Balaban J connectivity index is 1.81. The van der Waals surface area contributed by atoms with Gasteiger partial charge < -0.3 is 14.8 Å². The molecule has 2 N–H and O–H groups in total. The molecule has 3 amide bonds. The van der Waals surface area contributed by atoms with Gasteiger partial charge in [-0.15, -0.1) is 0 Å². The van der Waals surface area contributed by atoms with Gasteiger partial charge in [0.2, 0.25) is 0 Å². The third kappa shape index (κ3) is 5.13. The second kappa shape index (κ2) is 8.01. The summed E-state index contributed by atoms with van der Waals surface area (Å²) in [5.74, 6) is -1.08. The molecule has 0 saturated heterocycles. The molecule has 1 aliphatic rings. The average molecular weight is 355 g/mol. The number of benzene rings is 1. The fraction of sp³-hybridized carbons (Fsp3) is 0.438. The zero-order chi connectivity index (χ0) is 17.7. The number of halogens is 1. The maximum absolute atomic E-state index is 12.0. The molecule has 0 aromatic heterocycles. The van der Waals surface area contributed by atoms with Crippen molar-refractivity contribution in [2.75, 3.05) is 13.2 Å². The van der Waals surface area contributed by atoms with Crippen LogP contribution in [0.25, 0.3) is 0 Å². The minimum atomic E-state index is -0.693. The van der Waals surface area contributed by atoms with Crippen LogP contribution in [-0.2, 0) is 20.7 Å². The molecule has 7 nitrogen and oxygen atoms in total. The molecule has 1 aromatic carbocycles. The Morgan fingerprint density at radius 2 is 2.12 bits per heavy atom. The highest BCUT2D eigenvalue weighted by molar-refractivity contribution is 6.30. The normalized spacial score (nSPS) is 15.9. The summed E-state index contributed by atoms with van der Waals surface area (Å²) in [6.45, 7) is 3.17. The van der Waals surface area contributed by atoms with Crippen molar-refractivity contribution in [1.82, 2.24) is 10.6 Å². The number of fused-ring (bicyclic) bond motifs is 1. The lowest BCUT2D eigenvalue weighted by Gasteiger charge is -2.24. The summed E-state index contributed by atoms with van der Waals surface area (Å²) in [7, 11) is 0. The summed E-state index contributed by atoms with van der Waals surface area (Å²) in [5, 5.41) is 5.13. The fourth-order valence-electron chi connectivity index (χ4n) is 2.23. The van der Waals surface area contributed by atoms with E-state index in [4.69, 9.17) is 21.1 Å². The van der Waals surface area contributed by atoms with E-state index in [0.717, 1.165) is 5.56 Å². The van der Waals surface area contributed by atoms with Gasteiger partial charge in [-0.1, -0.05) is 11.6 Å². The van der Waals surface area contributed by atoms with Crippen LogP contribution in [0.5, 0.6) is 5.75 Å². The molecule has 1 heterocycles. The number of amides is 3. The number of esters is 1. The molecule has 1 aliphatic heterocycles. The predicted octanol–water partition coefficient (Wildman–Crippen LogP) is 1.67. The van der Waals surface area contributed by atoms with Gasteiger partial charge in [-0.3, -0.25) is 14.9 Å². The molecule has 0 spiro atoms. The van der Waals surface area contributed by atoms with Gasteiger partial charge in [0, 0.05) is 11.1 Å². The van der Waals surface area contributed by atoms with Crippen molar-refractivity contribution in [3.63, 3.8) is 0 Å². The molecule has 0 bridgehead atoms. The maximum atomic E-state index is 12.0. The first-order valence-corrected chi connectivity index (χ1v) is 7.91. The van der Waals surface area contributed by atoms with Crippen LogP contribution in [0.15, 0.2) is 18.2 Å². The number of rotatable bonds is 4. The molecule has 1 atom stereocenters. The molecule has 8 heteroatoms. The topological polar surface area (TPSA) is 93.7 Å². The van der Waals surface area contributed by atoms with Gasteiger partial charge in [0.25, 0.3) is 5.91 Å². The van der Waals surface area contributed by atoms with Crippen molar-refractivity contribution in [3.05, 3.63) is 28.8 Å². The Kier molecular flexibility index (Phi) is 6.03. The zero-order valence-electron chi connectivity index (χ0n) is 13.4. The van der Waals surface area contributed by atoms with Gasteiger partial charge in [-0.25, -0.2) is 4.79 Å². The molecule has 24 heavy (non-hydrogen) atoms. The average Bonchev–Trinajstić information content (AvgIpc) is 2.50. The van der Waals surface area contributed by atoms with E-state index in [9.17, 15) is 14.4 Å². The Hall–Kier alpha value is -2.28. The molecule has 1 aromatic rings. The molecule has 0 fully saturated rings. The van der Waals surface area contributed by atoms with Crippen LogP contribution < -0.4 is 15.4 Å². The molecule has 0 saturated carbocycles. The van der Waals surface area contributed by atoms with E-state index in [-0.39, 0.29) is 12.6 Å². The third-order valence-electron chi connectivity index (χ3n) is 3.28. The van der Waals surface area contributed by atoms with Crippen LogP contribution in [0.2, 0.25) is 5.02 Å². The number of carbonyl (C=O) groups excluding carboxylic acids is 3. The first-order chi connectivity index (χ1) is 11.3.